The summed E-state index contributed by atoms with van der Waals surface area (Å²) in [6.07, 6.45) is 1.51. The summed E-state index contributed by atoms with van der Waals surface area (Å²) in [6, 6.07) is 5.56. The van der Waals surface area contributed by atoms with E-state index < -0.39 is 0 Å². The molecule has 0 aliphatic carbocycles. The van der Waals surface area contributed by atoms with E-state index in [9.17, 15) is 0 Å². The fraction of sp³-hybridized carbons (Fsp3) is 0. The number of nitrogens with zero attached hydrogens (tertiary/aromatic N) is 3. The Hall–Kier alpha value is -1.18. The number of fused-ring (bicyclic) bond motifs is 1. The quantitative estimate of drug-likeness (QED) is 0.646. The van der Waals surface area contributed by atoms with Gasteiger partial charge in [-0.25, -0.2) is 4.98 Å². The van der Waals surface area contributed by atoms with Gasteiger partial charge in [0.2, 0.25) is 11.2 Å². The van der Waals surface area contributed by atoms with Gasteiger partial charge in [0.25, 0.3) is 0 Å². The third-order valence-electron chi connectivity index (χ3n) is 2.33. The molecule has 3 aromatic rings. The van der Waals surface area contributed by atoms with Crippen molar-refractivity contribution in [2.45, 2.75) is 0 Å². The van der Waals surface area contributed by atoms with Crippen molar-refractivity contribution in [2.24, 2.45) is 0 Å². The summed E-state index contributed by atoms with van der Waals surface area (Å²) in [4.78, 5) is 15.0. The van der Waals surface area contributed by atoms with Crippen LogP contribution >= 0.6 is 43.5 Å². The Morgan fingerprint density at radius 3 is 2.84 bits per heavy atom. The first-order chi connectivity index (χ1) is 9.13. The summed E-state index contributed by atoms with van der Waals surface area (Å²) in [5, 5.41) is 0.0860. The van der Waals surface area contributed by atoms with E-state index in [0.717, 1.165) is 8.95 Å². The molecule has 0 radical (unpaired) electrons. The lowest BCUT2D eigenvalue weighted by Crippen LogP contribution is -1.93. The van der Waals surface area contributed by atoms with Gasteiger partial charge in [-0.1, -0.05) is 15.9 Å². The molecule has 0 amide bonds. The Balaban J connectivity index is 2.07. The van der Waals surface area contributed by atoms with Gasteiger partial charge < -0.3 is 9.72 Å². The van der Waals surface area contributed by atoms with Gasteiger partial charge in [0.15, 0.2) is 5.65 Å². The predicted molar refractivity (Wildman–Crippen MR) is 78.6 cm³/mol. The Morgan fingerprint density at radius 2 is 2.05 bits per heavy atom. The minimum Gasteiger partial charge on any atom is -0.436 e. The molecular weight excluding hydrogens is 399 g/mol. The molecule has 2 aromatic heterocycles. The Bertz CT molecular complexity index is 762. The van der Waals surface area contributed by atoms with Gasteiger partial charge in [-0.3, -0.25) is 0 Å². The van der Waals surface area contributed by atoms with Crippen LogP contribution in [0.5, 0.6) is 11.6 Å². The topological polar surface area (TPSA) is 63.7 Å². The number of halogens is 3. The molecule has 0 fully saturated rings. The molecular formula is C11H5Br2ClN4O. The van der Waals surface area contributed by atoms with Crippen LogP contribution in [0.25, 0.3) is 11.2 Å². The summed E-state index contributed by atoms with van der Waals surface area (Å²) in [6.45, 7) is 0. The summed E-state index contributed by atoms with van der Waals surface area (Å²) < 4.78 is 7.48. The van der Waals surface area contributed by atoms with Crippen molar-refractivity contribution in [2.75, 3.05) is 0 Å². The number of aromatic amines is 1. The maximum atomic E-state index is 5.84. The normalized spacial score (nSPS) is 10.9. The Labute approximate surface area is 129 Å². The van der Waals surface area contributed by atoms with Gasteiger partial charge in [0.05, 0.1) is 10.8 Å². The highest BCUT2D eigenvalue weighted by Gasteiger charge is 2.12. The van der Waals surface area contributed by atoms with E-state index in [1.165, 1.54) is 6.33 Å². The van der Waals surface area contributed by atoms with Crippen LogP contribution < -0.4 is 4.74 Å². The monoisotopic (exact) mass is 402 g/mol. The van der Waals surface area contributed by atoms with Gasteiger partial charge in [-0.2, -0.15) is 9.97 Å². The van der Waals surface area contributed by atoms with E-state index >= 15 is 0 Å². The van der Waals surface area contributed by atoms with Crippen molar-refractivity contribution >= 4 is 54.6 Å². The maximum absolute atomic E-state index is 5.84. The van der Waals surface area contributed by atoms with Crippen LogP contribution in [0.4, 0.5) is 0 Å². The standard InChI is InChI=1S/C11H5Br2ClN4O/c12-5-1-2-7(6(13)3-5)19-10-8-9(16-4-15-8)17-11(14)18-10/h1-4H,(H,15,16,17,18). The molecule has 19 heavy (non-hydrogen) atoms. The van der Waals surface area contributed by atoms with Gasteiger partial charge in [0, 0.05) is 4.47 Å². The first kappa shape index (κ1) is 12.8. The smallest absolute Gasteiger partial charge is 0.250 e. The Kier molecular flexibility index (Phi) is 3.42. The first-order valence-electron chi connectivity index (χ1n) is 5.13. The average molecular weight is 404 g/mol. The zero-order valence-electron chi connectivity index (χ0n) is 9.19. The fourth-order valence-electron chi connectivity index (χ4n) is 1.52. The van der Waals surface area contributed by atoms with Gasteiger partial charge in [-0.15, -0.1) is 0 Å². The molecule has 0 atom stereocenters. The van der Waals surface area contributed by atoms with Gasteiger partial charge in [-0.05, 0) is 45.7 Å². The zero-order valence-corrected chi connectivity index (χ0v) is 13.1. The third kappa shape index (κ3) is 2.58. The highest BCUT2D eigenvalue weighted by atomic mass is 79.9. The summed E-state index contributed by atoms with van der Waals surface area (Å²) in [7, 11) is 0. The summed E-state index contributed by atoms with van der Waals surface area (Å²) >= 11 is 12.6. The van der Waals surface area contributed by atoms with Gasteiger partial charge >= 0.3 is 0 Å². The molecule has 0 bridgehead atoms. The minimum absolute atomic E-state index is 0.0860. The number of H-pyrrole nitrogens is 1. The van der Waals surface area contributed by atoms with E-state index in [1.807, 2.05) is 18.2 Å². The van der Waals surface area contributed by atoms with E-state index in [2.05, 4.69) is 51.8 Å². The highest BCUT2D eigenvalue weighted by molar-refractivity contribution is 9.11. The lowest BCUT2D eigenvalue weighted by Gasteiger charge is -2.07. The van der Waals surface area contributed by atoms with Crippen LogP contribution in [0.3, 0.4) is 0 Å². The third-order valence-corrected chi connectivity index (χ3v) is 3.61. The van der Waals surface area contributed by atoms with Crippen molar-refractivity contribution in [3.63, 3.8) is 0 Å². The minimum atomic E-state index is 0.0860. The summed E-state index contributed by atoms with van der Waals surface area (Å²) in [5.74, 6) is 0.949. The summed E-state index contributed by atoms with van der Waals surface area (Å²) in [5.41, 5.74) is 1.06. The van der Waals surface area contributed by atoms with Crippen LogP contribution in [0.15, 0.2) is 33.5 Å². The number of hydrogen-bond acceptors (Lipinski definition) is 4. The van der Waals surface area contributed by atoms with Crippen LogP contribution in [0, 0.1) is 0 Å². The molecule has 0 saturated carbocycles. The molecule has 1 N–H and O–H groups in total. The maximum Gasteiger partial charge on any atom is 0.250 e. The predicted octanol–water partition coefficient (Wildman–Crippen LogP) is 4.32. The van der Waals surface area contributed by atoms with Crippen molar-refractivity contribution in [1.82, 2.24) is 19.9 Å². The molecule has 0 aliphatic heterocycles. The van der Waals surface area contributed by atoms with Crippen LogP contribution in [0.2, 0.25) is 5.28 Å². The van der Waals surface area contributed by atoms with Crippen molar-refractivity contribution in [3.8, 4) is 11.6 Å². The number of aromatic nitrogens is 4. The van der Waals surface area contributed by atoms with E-state index in [1.54, 1.807) is 0 Å². The number of hydrogen-bond donors (Lipinski definition) is 1. The number of benzene rings is 1. The molecule has 0 saturated heterocycles. The number of nitrogens with one attached hydrogen (secondary N) is 1. The Morgan fingerprint density at radius 1 is 1.21 bits per heavy atom. The molecule has 2 heterocycles. The number of imidazole rings is 1. The second-order valence-corrected chi connectivity index (χ2v) is 5.68. The lowest BCUT2D eigenvalue weighted by atomic mass is 10.3. The second kappa shape index (κ2) is 5.07. The first-order valence-corrected chi connectivity index (χ1v) is 7.09. The molecule has 0 spiro atoms. The van der Waals surface area contributed by atoms with Crippen molar-refractivity contribution < 1.29 is 4.74 Å². The van der Waals surface area contributed by atoms with Crippen molar-refractivity contribution in [1.29, 1.82) is 0 Å². The lowest BCUT2D eigenvalue weighted by molar-refractivity contribution is 0.464. The largest absolute Gasteiger partial charge is 0.436 e. The molecule has 5 nitrogen and oxygen atoms in total. The average Bonchev–Trinajstić information content (AvgIpc) is 2.80. The highest BCUT2D eigenvalue weighted by Crippen LogP contribution is 2.33. The number of rotatable bonds is 2. The molecule has 8 heteroatoms. The molecule has 0 unspecified atom stereocenters. The van der Waals surface area contributed by atoms with Gasteiger partial charge in [0.1, 0.15) is 11.3 Å². The molecule has 96 valence electrons. The molecule has 3 rings (SSSR count). The zero-order chi connectivity index (χ0) is 13.4. The van der Waals surface area contributed by atoms with E-state index in [4.69, 9.17) is 16.3 Å². The van der Waals surface area contributed by atoms with Crippen LogP contribution in [-0.4, -0.2) is 19.9 Å². The van der Waals surface area contributed by atoms with Crippen molar-refractivity contribution in [3.05, 3.63) is 38.8 Å². The van der Waals surface area contributed by atoms with E-state index in [-0.39, 0.29) is 5.28 Å². The molecule has 1 aromatic carbocycles. The van der Waals surface area contributed by atoms with Crippen LogP contribution in [-0.2, 0) is 0 Å². The fourth-order valence-corrected chi connectivity index (χ4v) is 2.80. The van der Waals surface area contributed by atoms with E-state index in [0.29, 0.717) is 22.8 Å². The van der Waals surface area contributed by atoms with Crippen LogP contribution in [0.1, 0.15) is 0 Å². The number of ether oxygens (including phenoxy) is 1. The second-order valence-electron chi connectivity index (χ2n) is 3.58. The SMILES string of the molecule is Clc1nc(Oc2ccc(Br)cc2Br)c2[nH]cnc2n1. The molecule has 0 aliphatic rings.